The first-order valence-electron chi connectivity index (χ1n) is 7.81. The lowest BCUT2D eigenvalue weighted by Gasteiger charge is -2.12. The molecule has 0 aromatic heterocycles. The zero-order valence-electron chi connectivity index (χ0n) is 13.8. The molecule has 1 amide bonds. The van der Waals surface area contributed by atoms with E-state index in [2.05, 4.69) is 9.84 Å². The Balaban J connectivity index is 2.75. The minimum atomic E-state index is -5.02. The summed E-state index contributed by atoms with van der Waals surface area (Å²) in [5.74, 6) is -1.68. The van der Waals surface area contributed by atoms with Crippen LogP contribution in [-0.4, -0.2) is 33.7 Å². The summed E-state index contributed by atoms with van der Waals surface area (Å²) in [4.78, 5) is 39.3. The van der Waals surface area contributed by atoms with Crippen LogP contribution in [0.2, 0.25) is 0 Å². The van der Waals surface area contributed by atoms with Crippen LogP contribution in [0.25, 0.3) is 0 Å². The highest BCUT2D eigenvalue weighted by Gasteiger charge is 2.27. The number of benzene rings is 1. The number of nitrogens with two attached hydrogens (primary N) is 1. The molecule has 1 aromatic rings. The molecule has 0 saturated heterocycles. The van der Waals surface area contributed by atoms with Crippen molar-refractivity contribution in [3.8, 4) is 5.75 Å². The Morgan fingerprint density at radius 3 is 2.58 bits per heavy atom. The van der Waals surface area contributed by atoms with Gasteiger partial charge in [0.1, 0.15) is 0 Å². The van der Waals surface area contributed by atoms with Crippen LogP contribution < -0.4 is 15.6 Å². The van der Waals surface area contributed by atoms with E-state index in [0.717, 1.165) is 31.4 Å². The van der Waals surface area contributed by atoms with Crippen LogP contribution in [0.15, 0.2) is 18.2 Å². The monoisotopic (exact) mass is 393 g/mol. The number of phosphoric acid groups is 1. The molecule has 26 heavy (non-hydrogen) atoms. The number of alkyl halides is 1. The van der Waals surface area contributed by atoms with Crippen molar-refractivity contribution in [3.63, 3.8) is 0 Å². The molecule has 0 aliphatic carbocycles. The van der Waals surface area contributed by atoms with Crippen molar-refractivity contribution in [2.45, 2.75) is 31.9 Å². The molecule has 12 heteroatoms. The average Bonchev–Trinajstić information content (AvgIpc) is 2.55. The Bertz CT molecular complexity index is 683. The zero-order valence-corrected chi connectivity index (χ0v) is 14.7. The normalized spacial score (nSPS) is 12.5. The third-order valence-corrected chi connectivity index (χ3v) is 3.78. The summed E-state index contributed by atoms with van der Waals surface area (Å²) in [6.07, 6.45) is 1.08. The second-order valence-electron chi connectivity index (χ2n) is 5.42. The van der Waals surface area contributed by atoms with Gasteiger partial charge in [-0.25, -0.2) is 8.96 Å². The van der Waals surface area contributed by atoms with Gasteiger partial charge in [-0.15, -0.1) is 0 Å². The van der Waals surface area contributed by atoms with Crippen molar-refractivity contribution in [1.82, 2.24) is 5.32 Å². The topological polar surface area (TPSA) is 165 Å². The maximum Gasteiger partial charge on any atom is 0.525 e. The van der Waals surface area contributed by atoms with E-state index in [9.17, 15) is 23.9 Å². The molecule has 10 nitrogen and oxygen atoms in total. The first-order valence-corrected chi connectivity index (χ1v) is 9.34. The highest BCUT2D eigenvalue weighted by molar-refractivity contribution is 7.46. The van der Waals surface area contributed by atoms with Gasteiger partial charge in [0, 0.05) is 18.2 Å². The smallest absolute Gasteiger partial charge is 0.397 e. The second-order valence-corrected chi connectivity index (χ2v) is 6.59. The van der Waals surface area contributed by atoms with E-state index in [-0.39, 0.29) is 12.1 Å². The number of nitro benzene ring substituents is 1. The van der Waals surface area contributed by atoms with E-state index in [4.69, 9.17) is 15.5 Å². The molecule has 0 heterocycles. The molecule has 0 radical (unpaired) electrons. The quantitative estimate of drug-likeness (QED) is 0.191. The number of carbonyl (C=O) groups excluding carboxylic acids is 1. The van der Waals surface area contributed by atoms with E-state index in [1.807, 2.05) is 0 Å². The van der Waals surface area contributed by atoms with Gasteiger partial charge >= 0.3 is 13.5 Å². The Labute approximate surface area is 148 Å². The minimum absolute atomic E-state index is 0.255. The number of rotatable bonds is 11. The minimum Gasteiger partial charge on any atom is -0.397 e. The van der Waals surface area contributed by atoms with Gasteiger partial charge in [0.05, 0.1) is 4.92 Å². The van der Waals surface area contributed by atoms with Crippen molar-refractivity contribution < 1.29 is 33.0 Å². The van der Waals surface area contributed by atoms with Crippen LogP contribution in [0.3, 0.4) is 0 Å². The summed E-state index contributed by atoms with van der Waals surface area (Å²) in [5, 5.41) is 13.4. The Morgan fingerprint density at radius 1 is 1.35 bits per heavy atom. The molecule has 1 unspecified atom stereocenters. The maximum atomic E-state index is 14.2. The zero-order chi connectivity index (χ0) is 19.7. The molecule has 1 atom stereocenters. The van der Waals surface area contributed by atoms with E-state index >= 15 is 0 Å². The third kappa shape index (κ3) is 7.44. The first kappa shape index (κ1) is 22.0. The summed E-state index contributed by atoms with van der Waals surface area (Å²) < 4.78 is 29.2. The molecule has 0 fully saturated rings. The van der Waals surface area contributed by atoms with Crippen molar-refractivity contribution in [2.75, 3.05) is 13.1 Å². The fraction of sp³-hybridized carbons (Fsp3) is 0.500. The fourth-order valence-electron chi connectivity index (χ4n) is 2.12. The third-order valence-electron chi connectivity index (χ3n) is 3.35. The lowest BCUT2D eigenvalue weighted by molar-refractivity contribution is -0.385. The molecule has 1 rings (SSSR count). The largest absolute Gasteiger partial charge is 0.525 e. The van der Waals surface area contributed by atoms with Crippen molar-refractivity contribution in [3.05, 3.63) is 33.9 Å². The molecule has 0 aliphatic rings. The second kappa shape index (κ2) is 10.2. The number of carbonyl (C=O) groups is 1. The number of phosphoric ester groups is 1. The number of amides is 1. The highest BCUT2D eigenvalue weighted by Crippen LogP contribution is 2.42. The van der Waals surface area contributed by atoms with Gasteiger partial charge in [0.2, 0.25) is 11.9 Å². The van der Waals surface area contributed by atoms with Crippen molar-refractivity contribution in [2.24, 2.45) is 5.73 Å². The Kier molecular flexibility index (Phi) is 8.59. The van der Waals surface area contributed by atoms with Crippen molar-refractivity contribution in [1.29, 1.82) is 0 Å². The number of hydrogen-bond acceptors (Lipinski definition) is 6. The number of nitrogens with one attached hydrogen (secondary N) is 1. The van der Waals surface area contributed by atoms with Crippen LogP contribution in [0.1, 0.15) is 37.4 Å². The number of nitrogens with zero attached hydrogens (tertiary/aromatic N) is 1. The summed E-state index contributed by atoms with van der Waals surface area (Å²) >= 11 is 0. The van der Waals surface area contributed by atoms with E-state index in [0.29, 0.717) is 19.0 Å². The fourth-order valence-corrected chi connectivity index (χ4v) is 2.53. The molecule has 0 saturated carbocycles. The number of hydrogen-bond donors (Lipinski definition) is 4. The van der Waals surface area contributed by atoms with Crippen molar-refractivity contribution >= 4 is 19.4 Å². The van der Waals surface area contributed by atoms with Gasteiger partial charge in [-0.05, 0) is 25.5 Å². The molecule has 5 N–H and O–H groups in total. The number of nitro groups is 1. The van der Waals surface area contributed by atoms with E-state index in [1.54, 1.807) is 0 Å². The SMILES string of the molecule is NCCCCCCNC(=O)C(F)c1ccc(OP(=O)(O)O)c([N+](=O)[O-])c1. The van der Waals surface area contributed by atoms with Gasteiger partial charge in [-0.3, -0.25) is 24.7 Å². The van der Waals surface area contributed by atoms with Gasteiger partial charge < -0.3 is 15.6 Å². The summed E-state index contributed by atoms with van der Waals surface area (Å²) in [6.45, 7) is 0.838. The van der Waals surface area contributed by atoms with Crippen LogP contribution in [-0.2, 0) is 9.36 Å². The predicted molar refractivity (Wildman–Crippen MR) is 90.1 cm³/mol. The molecular weight excluding hydrogens is 372 g/mol. The molecule has 0 bridgehead atoms. The van der Waals surface area contributed by atoms with Crippen LogP contribution >= 0.6 is 7.82 Å². The molecule has 1 aromatic carbocycles. The van der Waals surface area contributed by atoms with E-state index < -0.39 is 36.3 Å². The van der Waals surface area contributed by atoms with Crippen LogP contribution in [0.4, 0.5) is 10.1 Å². The molecular formula is C14H21FN3O7P. The maximum absolute atomic E-state index is 14.2. The lowest BCUT2D eigenvalue weighted by atomic mass is 10.1. The Morgan fingerprint density at radius 2 is 2.00 bits per heavy atom. The summed E-state index contributed by atoms with van der Waals surface area (Å²) in [5.41, 5.74) is 4.17. The summed E-state index contributed by atoms with van der Waals surface area (Å²) in [7, 11) is -5.02. The Hall–Kier alpha value is -2.07. The van der Waals surface area contributed by atoms with Crippen LogP contribution in [0, 0.1) is 10.1 Å². The lowest BCUT2D eigenvalue weighted by Crippen LogP contribution is -2.28. The van der Waals surface area contributed by atoms with E-state index in [1.165, 1.54) is 0 Å². The molecule has 146 valence electrons. The molecule has 0 aliphatic heterocycles. The summed E-state index contributed by atoms with van der Waals surface area (Å²) in [6, 6.07) is 2.53. The highest BCUT2D eigenvalue weighted by atomic mass is 31.2. The molecule has 0 spiro atoms. The van der Waals surface area contributed by atoms with Crippen LogP contribution in [0.5, 0.6) is 5.75 Å². The number of unbranched alkanes of at least 4 members (excludes halogenated alkanes) is 3. The first-order chi connectivity index (χ1) is 12.2. The standard InChI is InChI=1S/C14H21FN3O7P/c15-13(14(19)17-8-4-2-1-3-7-16)10-5-6-12(25-26(22,23)24)11(9-10)18(20)21/h5-6,9,13H,1-4,7-8,16H2,(H,17,19)(H2,22,23,24). The van der Waals surface area contributed by atoms with Gasteiger partial charge in [0.15, 0.2) is 0 Å². The average molecular weight is 393 g/mol. The predicted octanol–water partition coefficient (Wildman–Crippen LogP) is 1.71. The van der Waals surface area contributed by atoms with Gasteiger partial charge in [0.25, 0.3) is 5.91 Å². The van der Waals surface area contributed by atoms with Gasteiger partial charge in [-0.2, -0.15) is 0 Å². The number of halogens is 1. The van der Waals surface area contributed by atoms with Gasteiger partial charge in [-0.1, -0.05) is 18.9 Å².